The molecule has 0 aliphatic carbocycles. The highest BCUT2D eigenvalue weighted by atomic mass is 19.1. The van der Waals surface area contributed by atoms with Gasteiger partial charge in [-0.2, -0.15) is 0 Å². The Bertz CT molecular complexity index is 713. The van der Waals surface area contributed by atoms with Crippen molar-refractivity contribution < 1.29 is 18.7 Å². The van der Waals surface area contributed by atoms with Crippen molar-refractivity contribution in [3.8, 4) is 5.75 Å². The molecule has 6 heteroatoms. The molecule has 1 N–H and O–H groups in total. The fraction of sp³-hybridized carbons (Fsp3) is 0.350. The van der Waals surface area contributed by atoms with E-state index in [0.29, 0.717) is 5.75 Å². The summed E-state index contributed by atoms with van der Waals surface area (Å²) >= 11 is 0. The van der Waals surface area contributed by atoms with E-state index in [2.05, 4.69) is 22.3 Å². The summed E-state index contributed by atoms with van der Waals surface area (Å²) in [5.74, 6) is -0.0981. The number of carbonyl (C=O) groups excluding carboxylic acids is 1. The standard InChI is InChI=1S/C20H23FN2O3/c1-15(22-20(24)14-26-19-8-4-17(21)5-9-19)16-2-6-18(7-3-16)23-10-12-25-13-11-23/h2-9,15H,10-14H2,1H3,(H,22,24). The van der Waals surface area contributed by atoms with E-state index in [1.165, 1.54) is 24.3 Å². The highest BCUT2D eigenvalue weighted by Crippen LogP contribution is 2.20. The molecular weight excluding hydrogens is 335 g/mol. The van der Waals surface area contributed by atoms with Gasteiger partial charge in [-0.25, -0.2) is 4.39 Å². The van der Waals surface area contributed by atoms with Gasteiger partial charge in [-0.1, -0.05) is 12.1 Å². The first-order chi connectivity index (χ1) is 12.6. The molecule has 138 valence electrons. The highest BCUT2D eigenvalue weighted by molar-refractivity contribution is 5.78. The van der Waals surface area contributed by atoms with Gasteiger partial charge < -0.3 is 19.7 Å². The third-order valence-electron chi connectivity index (χ3n) is 4.33. The van der Waals surface area contributed by atoms with Crippen molar-refractivity contribution in [3.63, 3.8) is 0 Å². The summed E-state index contributed by atoms with van der Waals surface area (Å²) in [7, 11) is 0. The number of nitrogens with one attached hydrogen (secondary N) is 1. The summed E-state index contributed by atoms with van der Waals surface area (Å²) in [6, 6.07) is 13.6. The molecule has 3 rings (SSSR count). The summed E-state index contributed by atoms with van der Waals surface area (Å²) in [4.78, 5) is 14.3. The lowest BCUT2D eigenvalue weighted by Crippen LogP contribution is -2.36. The van der Waals surface area contributed by atoms with Crippen LogP contribution in [0.1, 0.15) is 18.5 Å². The van der Waals surface area contributed by atoms with Crippen molar-refractivity contribution in [1.82, 2.24) is 5.32 Å². The van der Waals surface area contributed by atoms with E-state index in [-0.39, 0.29) is 24.4 Å². The zero-order valence-corrected chi connectivity index (χ0v) is 14.8. The number of halogens is 1. The van der Waals surface area contributed by atoms with Gasteiger partial charge in [0.25, 0.3) is 5.91 Å². The van der Waals surface area contributed by atoms with E-state index in [1.807, 2.05) is 19.1 Å². The number of morpholine rings is 1. The van der Waals surface area contributed by atoms with Crippen LogP contribution < -0.4 is 15.0 Å². The minimum Gasteiger partial charge on any atom is -0.484 e. The first-order valence-electron chi connectivity index (χ1n) is 8.72. The predicted molar refractivity (Wildman–Crippen MR) is 97.9 cm³/mol. The molecule has 1 heterocycles. The van der Waals surface area contributed by atoms with Crippen molar-refractivity contribution in [2.24, 2.45) is 0 Å². The molecule has 2 aromatic rings. The quantitative estimate of drug-likeness (QED) is 0.863. The van der Waals surface area contributed by atoms with Gasteiger partial charge in [-0.3, -0.25) is 4.79 Å². The molecule has 1 saturated heterocycles. The molecule has 5 nitrogen and oxygen atoms in total. The normalized spacial score (nSPS) is 15.4. The van der Waals surface area contributed by atoms with Crippen molar-refractivity contribution in [2.75, 3.05) is 37.8 Å². The zero-order chi connectivity index (χ0) is 18.4. The molecule has 1 unspecified atom stereocenters. The number of ether oxygens (including phenoxy) is 2. The molecule has 0 bridgehead atoms. The Hall–Kier alpha value is -2.60. The molecule has 1 atom stereocenters. The molecule has 26 heavy (non-hydrogen) atoms. The molecule has 0 spiro atoms. The van der Waals surface area contributed by atoms with Crippen LogP contribution in [-0.4, -0.2) is 38.8 Å². The topological polar surface area (TPSA) is 50.8 Å². The second-order valence-electron chi connectivity index (χ2n) is 6.22. The number of benzene rings is 2. The van der Waals surface area contributed by atoms with E-state index in [4.69, 9.17) is 9.47 Å². The largest absolute Gasteiger partial charge is 0.484 e. The van der Waals surface area contributed by atoms with Gasteiger partial charge in [0.1, 0.15) is 11.6 Å². The zero-order valence-electron chi connectivity index (χ0n) is 14.8. The molecule has 1 aliphatic heterocycles. The van der Waals surface area contributed by atoms with Gasteiger partial charge in [0.2, 0.25) is 0 Å². The Morgan fingerprint density at radius 3 is 2.46 bits per heavy atom. The van der Waals surface area contributed by atoms with Crippen LogP contribution in [0.15, 0.2) is 48.5 Å². The maximum absolute atomic E-state index is 12.8. The van der Waals surface area contributed by atoms with Crippen LogP contribution in [0.5, 0.6) is 5.75 Å². The lowest BCUT2D eigenvalue weighted by molar-refractivity contribution is -0.123. The minimum absolute atomic E-state index is 0.109. The fourth-order valence-corrected chi connectivity index (χ4v) is 2.84. The summed E-state index contributed by atoms with van der Waals surface area (Å²) in [6.07, 6.45) is 0. The van der Waals surface area contributed by atoms with Gasteiger partial charge >= 0.3 is 0 Å². The number of amides is 1. The van der Waals surface area contributed by atoms with E-state index < -0.39 is 0 Å². The summed E-state index contributed by atoms with van der Waals surface area (Å²) in [6.45, 7) is 5.12. The number of carbonyl (C=O) groups is 1. The van der Waals surface area contributed by atoms with Gasteiger partial charge in [-0.15, -0.1) is 0 Å². The van der Waals surface area contributed by atoms with Crippen LogP contribution >= 0.6 is 0 Å². The Labute approximate surface area is 152 Å². The summed E-state index contributed by atoms with van der Waals surface area (Å²) in [5.41, 5.74) is 2.19. The molecule has 1 aliphatic rings. The van der Waals surface area contributed by atoms with Gasteiger partial charge in [-0.05, 0) is 48.9 Å². The molecule has 0 aromatic heterocycles. The Balaban J connectivity index is 1.49. The molecule has 0 radical (unpaired) electrons. The van der Waals surface area contributed by atoms with E-state index in [9.17, 15) is 9.18 Å². The van der Waals surface area contributed by atoms with E-state index in [0.717, 1.165) is 37.6 Å². The summed E-state index contributed by atoms with van der Waals surface area (Å²) in [5, 5.41) is 2.91. The maximum Gasteiger partial charge on any atom is 0.258 e. The molecule has 1 fully saturated rings. The number of hydrogen-bond donors (Lipinski definition) is 1. The van der Waals surface area contributed by atoms with Crippen LogP contribution in [0.3, 0.4) is 0 Å². The Morgan fingerprint density at radius 1 is 1.15 bits per heavy atom. The Morgan fingerprint density at radius 2 is 1.81 bits per heavy atom. The lowest BCUT2D eigenvalue weighted by atomic mass is 10.1. The van der Waals surface area contributed by atoms with Crippen molar-refractivity contribution in [2.45, 2.75) is 13.0 Å². The predicted octanol–water partition coefficient (Wildman–Crippen LogP) is 2.92. The average molecular weight is 358 g/mol. The van der Waals surface area contributed by atoms with Crippen LogP contribution in [-0.2, 0) is 9.53 Å². The summed E-state index contributed by atoms with van der Waals surface area (Å²) < 4.78 is 23.6. The van der Waals surface area contributed by atoms with Crippen LogP contribution in [0.4, 0.5) is 10.1 Å². The van der Waals surface area contributed by atoms with E-state index in [1.54, 1.807) is 0 Å². The van der Waals surface area contributed by atoms with Gasteiger partial charge in [0.05, 0.1) is 19.3 Å². The second kappa shape index (κ2) is 8.67. The number of nitrogens with zero attached hydrogens (tertiary/aromatic N) is 1. The second-order valence-corrected chi connectivity index (χ2v) is 6.22. The monoisotopic (exact) mass is 358 g/mol. The van der Waals surface area contributed by atoms with Crippen LogP contribution in [0.25, 0.3) is 0 Å². The number of rotatable bonds is 6. The molecule has 2 aromatic carbocycles. The van der Waals surface area contributed by atoms with Crippen molar-refractivity contribution >= 4 is 11.6 Å². The van der Waals surface area contributed by atoms with Crippen molar-refractivity contribution in [1.29, 1.82) is 0 Å². The minimum atomic E-state index is -0.337. The lowest BCUT2D eigenvalue weighted by Gasteiger charge is -2.29. The Kier molecular flexibility index (Phi) is 6.07. The van der Waals surface area contributed by atoms with Crippen LogP contribution in [0, 0.1) is 5.82 Å². The third-order valence-corrected chi connectivity index (χ3v) is 4.33. The SMILES string of the molecule is CC(NC(=O)COc1ccc(F)cc1)c1ccc(N2CCOCC2)cc1. The van der Waals surface area contributed by atoms with Gasteiger partial charge in [0.15, 0.2) is 6.61 Å². The maximum atomic E-state index is 12.8. The van der Waals surface area contributed by atoms with Crippen LogP contribution in [0.2, 0.25) is 0 Å². The molecule has 1 amide bonds. The molecule has 0 saturated carbocycles. The first-order valence-corrected chi connectivity index (χ1v) is 8.72. The first kappa shape index (κ1) is 18.2. The van der Waals surface area contributed by atoms with Crippen molar-refractivity contribution in [3.05, 3.63) is 59.9 Å². The third kappa shape index (κ3) is 4.95. The molecular formula is C20H23FN2O3. The van der Waals surface area contributed by atoms with E-state index >= 15 is 0 Å². The highest BCUT2D eigenvalue weighted by Gasteiger charge is 2.13. The number of hydrogen-bond acceptors (Lipinski definition) is 4. The average Bonchev–Trinajstić information content (AvgIpc) is 2.68. The fourth-order valence-electron chi connectivity index (χ4n) is 2.84. The number of anilines is 1. The van der Waals surface area contributed by atoms with Gasteiger partial charge in [0, 0.05) is 18.8 Å². The smallest absolute Gasteiger partial charge is 0.258 e.